The van der Waals surface area contributed by atoms with E-state index in [0.29, 0.717) is 11.2 Å². The topological polar surface area (TPSA) is 33.3 Å². The Morgan fingerprint density at radius 1 is 1.42 bits per heavy atom. The van der Waals surface area contributed by atoms with Crippen molar-refractivity contribution < 1.29 is 4.74 Å². The normalized spacial score (nSPS) is 18.3. The predicted molar refractivity (Wildman–Crippen MR) is 82.7 cm³/mol. The third kappa shape index (κ3) is 5.35. The number of rotatable bonds is 5. The number of benzene rings is 1. The average Bonchev–Trinajstić information content (AvgIpc) is 2.89. The van der Waals surface area contributed by atoms with E-state index in [1.807, 2.05) is 18.2 Å². The van der Waals surface area contributed by atoms with E-state index >= 15 is 0 Å². The molecule has 2 rings (SSSR count). The van der Waals surface area contributed by atoms with E-state index in [-0.39, 0.29) is 0 Å². The molecule has 1 heterocycles. The van der Waals surface area contributed by atoms with Gasteiger partial charge in [0.15, 0.2) is 5.11 Å². The lowest BCUT2D eigenvalue weighted by atomic mass is 10.1. The summed E-state index contributed by atoms with van der Waals surface area (Å²) in [5.74, 6) is 0. The van der Waals surface area contributed by atoms with Crippen molar-refractivity contribution in [1.82, 2.24) is 10.6 Å². The van der Waals surface area contributed by atoms with Crippen LogP contribution in [0.1, 0.15) is 18.4 Å². The fourth-order valence-corrected chi connectivity index (χ4v) is 2.49. The number of nitrogens with one attached hydrogen (secondary N) is 2. The second kappa shape index (κ2) is 7.68. The Morgan fingerprint density at radius 2 is 2.32 bits per heavy atom. The van der Waals surface area contributed by atoms with Gasteiger partial charge in [0, 0.05) is 24.7 Å². The Labute approximate surface area is 124 Å². The van der Waals surface area contributed by atoms with Crippen LogP contribution in [0.3, 0.4) is 0 Å². The van der Waals surface area contributed by atoms with Crippen LogP contribution in [0.25, 0.3) is 0 Å². The largest absolute Gasteiger partial charge is 0.376 e. The van der Waals surface area contributed by atoms with Crippen LogP contribution in [0.5, 0.6) is 0 Å². The zero-order valence-electron chi connectivity index (χ0n) is 10.8. The van der Waals surface area contributed by atoms with Crippen LogP contribution in [0.2, 0.25) is 5.02 Å². The molecule has 1 atom stereocenters. The second-order valence-corrected chi connectivity index (χ2v) is 5.50. The summed E-state index contributed by atoms with van der Waals surface area (Å²) in [5, 5.41) is 7.85. The summed E-state index contributed by atoms with van der Waals surface area (Å²) < 4.78 is 5.53. The van der Waals surface area contributed by atoms with Crippen LogP contribution in [0.15, 0.2) is 24.3 Å². The monoisotopic (exact) mass is 298 g/mol. The van der Waals surface area contributed by atoms with Gasteiger partial charge >= 0.3 is 0 Å². The van der Waals surface area contributed by atoms with E-state index in [1.54, 1.807) is 0 Å². The first kappa shape index (κ1) is 14.6. The predicted octanol–water partition coefficient (Wildman–Crippen LogP) is 2.53. The third-order valence-corrected chi connectivity index (χ3v) is 3.63. The van der Waals surface area contributed by atoms with Crippen molar-refractivity contribution in [3.63, 3.8) is 0 Å². The first-order valence-corrected chi connectivity index (χ1v) is 7.40. The molecule has 104 valence electrons. The number of thiocarbonyl (C=S) groups is 1. The fourth-order valence-electron chi connectivity index (χ4n) is 2.09. The maximum Gasteiger partial charge on any atom is 0.166 e. The lowest BCUT2D eigenvalue weighted by Crippen LogP contribution is -2.40. The van der Waals surface area contributed by atoms with Gasteiger partial charge in [0.25, 0.3) is 0 Å². The minimum absolute atomic E-state index is 0.313. The quantitative estimate of drug-likeness (QED) is 0.819. The number of hydrogen-bond donors (Lipinski definition) is 2. The molecule has 1 saturated heterocycles. The zero-order chi connectivity index (χ0) is 13.5. The van der Waals surface area contributed by atoms with Gasteiger partial charge in [-0.3, -0.25) is 0 Å². The van der Waals surface area contributed by atoms with Gasteiger partial charge in [-0.15, -0.1) is 0 Å². The van der Waals surface area contributed by atoms with E-state index in [0.717, 1.165) is 44.0 Å². The molecule has 3 nitrogen and oxygen atoms in total. The van der Waals surface area contributed by atoms with E-state index in [9.17, 15) is 0 Å². The average molecular weight is 299 g/mol. The van der Waals surface area contributed by atoms with Crippen LogP contribution in [-0.2, 0) is 11.2 Å². The van der Waals surface area contributed by atoms with Gasteiger partial charge in [-0.1, -0.05) is 23.7 Å². The van der Waals surface area contributed by atoms with Gasteiger partial charge in [0.2, 0.25) is 0 Å². The highest BCUT2D eigenvalue weighted by molar-refractivity contribution is 7.80. The summed E-state index contributed by atoms with van der Waals surface area (Å²) in [6, 6.07) is 7.89. The fraction of sp³-hybridized carbons (Fsp3) is 0.500. The van der Waals surface area contributed by atoms with Gasteiger partial charge in [-0.2, -0.15) is 0 Å². The lowest BCUT2D eigenvalue weighted by Gasteiger charge is -2.14. The molecule has 0 aromatic heterocycles. The Hall–Kier alpha value is -0.840. The molecule has 0 saturated carbocycles. The molecule has 1 aromatic rings. The Kier molecular flexibility index (Phi) is 5.89. The maximum absolute atomic E-state index is 5.94. The molecule has 0 radical (unpaired) electrons. The highest BCUT2D eigenvalue weighted by atomic mass is 35.5. The van der Waals surface area contributed by atoms with Crippen molar-refractivity contribution in [1.29, 1.82) is 0 Å². The first-order valence-electron chi connectivity index (χ1n) is 6.62. The molecule has 0 spiro atoms. The van der Waals surface area contributed by atoms with E-state index in [2.05, 4.69) is 16.7 Å². The van der Waals surface area contributed by atoms with Crippen LogP contribution in [0, 0.1) is 0 Å². The molecule has 5 heteroatoms. The molecule has 1 aromatic carbocycles. The maximum atomic E-state index is 5.94. The molecule has 1 aliphatic rings. The highest BCUT2D eigenvalue weighted by Gasteiger charge is 2.14. The van der Waals surface area contributed by atoms with Crippen LogP contribution < -0.4 is 10.6 Å². The molecule has 1 aliphatic heterocycles. The van der Waals surface area contributed by atoms with Crippen LogP contribution in [-0.4, -0.2) is 30.9 Å². The van der Waals surface area contributed by atoms with Gasteiger partial charge < -0.3 is 15.4 Å². The standard InChI is InChI=1S/C14H19ClN2OS/c15-12-4-1-3-11(9-12)6-7-16-14(19)17-10-13-5-2-8-18-13/h1,3-4,9,13H,2,5-8,10H2,(H2,16,17,19). The number of hydrogen-bond acceptors (Lipinski definition) is 2. The second-order valence-electron chi connectivity index (χ2n) is 4.65. The summed E-state index contributed by atoms with van der Waals surface area (Å²) in [4.78, 5) is 0. The number of halogens is 1. The number of ether oxygens (including phenoxy) is 1. The molecule has 0 bridgehead atoms. The summed E-state index contributed by atoms with van der Waals surface area (Å²) in [7, 11) is 0. The Bertz CT molecular complexity index is 422. The summed E-state index contributed by atoms with van der Waals surface area (Å²) >= 11 is 11.2. The summed E-state index contributed by atoms with van der Waals surface area (Å²) in [6.45, 7) is 2.47. The van der Waals surface area contributed by atoms with Gasteiger partial charge in [0.1, 0.15) is 0 Å². The molecule has 2 N–H and O–H groups in total. The molecule has 19 heavy (non-hydrogen) atoms. The van der Waals surface area contributed by atoms with Gasteiger partial charge in [-0.05, 0) is 49.2 Å². The first-order chi connectivity index (χ1) is 9.24. The van der Waals surface area contributed by atoms with Crippen molar-refractivity contribution in [2.24, 2.45) is 0 Å². The molecular weight excluding hydrogens is 280 g/mol. The van der Waals surface area contributed by atoms with Crippen molar-refractivity contribution in [3.05, 3.63) is 34.9 Å². The SMILES string of the molecule is S=C(NCCc1cccc(Cl)c1)NCC1CCCO1. The van der Waals surface area contributed by atoms with Crippen LogP contribution >= 0.6 is 23.8 Å². The van der Waals surface area contributed by atoms with Crippen molar-refractivity contribution in [2.45, 2.75) is 25.4 Å². The minimum Gasteiger partial charge on any atom is -0.376 e. The highest BCUT2D eigenvalue weighted by Crippen LogP contribution is 2.11. The van der Waals surface area contributed by atoms with Crippen molar-refractivity contribution in [3.8, 4) is 0 Å². The minimum atomic E-state index is 0.313. The zero-order valence-corrected chi connectivity index (χ0v) is 12.4. The molecule has 0 amide bonds. The Morgan fingerprint density at radius 3 is 3.05 bits per heavy atom. The summed E-state index contributed by atoms with van der Waals surface area (Å²) in [6.07, 6.45) is 3.49. The van der Waals surface area contributed by atoms with Gasteiger partial charge in [-0.25, -0.2) is 0 Å². The van der Waals surface area contributed by atoms with E-state index in [4.69, 9.17) is 28.6 Å². The third-order valence-electron chi connectivity index (χ3n) is 3.10. The molecule has 1 fully saturated rings. The van der Waals surface area contributed by atoms with Crippen molar-refractivity contribution >= 4 is 28.9 Å². The van der Waals surface area contributed by atoms with E-state index < -0.39 is 0 Å². The van der Waals surface area contributed by atoms with Crippen molar-refractivity contribution in [2.75, 3.05) is 19.7 Å². The smallest absolute Gasteiger partial charge is 0.166 e. The molecule has 1 unspecified atom stereocenters. The van der Waals surface area contributed by atoms with E-state index in [1.165, 1.54) is 5.56 Å². The molecular formula is C14H19ClN2OS. The van der Waals surface area contributed by atoms with Gasteiger partial charge in [0.05, 0.1) is 6.10 Å². The lowest BCUT2D eigenvalue weighted by molar-refractivity contribution is 0.114. The molecule has 0 aliphatic carbocycles. The van der Waals surface area contributed by atoms with Crippen LogP contribution in [0.4, 0.5) is 0 Å². The summed E-state index contributed by atoms with van der Waals surface area (Å²) in [5.41, 5.74) is 1.21. The Balaban J connectivity index is 1.60.